The van der Waals surface area contributed by atoms with E-state index in [1.54, 1.807) is 0 Å². The molecular weight excluding hydrogens is 497 g/mol. The van der Waals surface area contributed by atoms with E-state index >= 15 is 0 Å². The van der Waals surface area contributed by atoms with Crippen LogP contribution < -0.4 is 10.6 Å². The predicted molar refractivity (Wildman–Crippen MR) is 139 cm³/mol. The van der Waals surface area contributed by atoms with Crippen LogP contribution >= 0.6 is 11.8 Å². The maximum absolute atomic E-state index is 13.7. The Morgan fingerprint density at radius 3 is 2.54 bits per heavy atom. The van der Waals surface area contributed by atoms with Crippen molar-refractivity contribution in [3.8, 4) is 0 Å². The van der Waals surface area contributed by atoms with Gasteiger partial charge in [-0.1, -0.05) is 50.9 Å². The molecule has 1 saturated carbocycles. The highest BCUT2D eigenvalue weighted by molar-refractivity contribution is 7.99. The van der Waals surface area contributed by atoms with Gasteiger partial charge in [-0.2, -0.15) is 0 Å². The Balaban J connectivity index is 1.76. The van der Waals surface area contributed by atoms with Crippen LogP contribution in [-0.4, -0.2) is 70.7 Å². The number of carbonyl (C=O) groups is 3. The van der Waals surface area contributed by atoms with Gasteiger partial charge >= 0.3 is 0 Å². The van der Waals surface area contributed by atoms with Crippen LogP contribution in [0.25, 0.3) is 0 Å². The van der Waals surface area contributed by atoms with E-state index in [9.17, 15) is 18.8 Å². The number of ketones is 1. The first-order valence-electron chi connectivity index (χ1n) is 12.6. The zero-order valence-corrected chi connectivity index (χ0v) is 22.7. The molecule has 9 nitrogen and oxygen atoms in total. The van der Waals surface area contributed by atoms with E-state index in [2.05, 4.69) is 20.8 Å². The number of aromatic nitrogens is 2. The van der Waals surface area contributed by atoms with Crippen LogP contribution in [0.2, 0.25) is 0 Å². The Bertz CT molecular complexity index is 1080. The van der Waals surface area contributed by atoms with Crippen molar-refractivity contribution < 1.29 is 23.2 Å². The molecule has 0 radical (unpaired) electrons. The first-order chi connectivity index (χ1) is 17.6. The fourth-order valence-corrected chi connectivity index (χ4v) is 5.18. The molecule has 37 heavy (non-hydrogen) atoms. The maximum Gasteiger partial charge on any atom is 0.286 e. The SMILES string of the molecule is CC(C)CC(NC(=O)C1(NC(=O)c2cccc(F)c2)CCCCC1)C(=O)c1nnc(SCCN(C)C)o1. The highest BCUT2D eigenvalue weighted by atomic mass is 32.2. The molecule has 1 aromatic carbocycles. The lowest BCUT2D eigenvalue weighted by Crippen LogP contribution is -2.62. The van der Waals surface area contributed by atoms with E-state index in [0.717, 1.165) is 37.6 Å². The summed E-state index contributed by atoms with van der Waals surface area (Å²) < 4.78 is 19.3. The first-order valence-corrected chi connectivity index (χ1v) is 13.6. The van der Waals surface area contributed by atoms with E-state index in [-0.39, 0.29) is 17.4 Å². The molecule has 11 heteroatoms. The molecule has 2 N–H and O–H groups in total. The van der Waals surface area contributed by atoms with E-state index in [1.165, 1.54) is 30.0 Å². The lowest BCUT2D eigenvalue weighted by Gasteiger charge is -2.37. The van der Waals surface area contributed by atoms with Crippen molar-refractivity contribution in [2.45, 2.75) is 69.2 Å². The van der Waals surface area contributed by atoms with Gasteiger partial charge in [-0.05, 0) is 57.5 Å². The summed E-state index contributed by atoms with van der Waals surface area (Å²) in [6, 6.07) is 4.45. The van der Waals surface area contributed by atoms with E-state index in [0.29, 0.717) is 24.5 Å². The summed E-state index contributed by atoms with van der Waals surface area (Å²) in [5.41, 5.74) is -1.06. The number of carbonyl (C=O) groups excluding carboxylic acids is 3. The fraction of sp³-hybridized carbons (Fsp3) is 0.577. The third-order valence-corrected chi connectivity index (χ3v) is 7.09. The molecule has 1 unspecified atom stereocenters. The fourth-order valence-electron chi connectivity index (χ4n) is 4.31. The molecule has 0 aliphatic heterocycles. The summed E-state index contributed by atoms with van der Waals surface area (Å²) in [7, 11) is 3.92. The number of hydrogen-bond donors (Lipinski definition) is 2. The Morgan fingerprint density at radius 1 is 1.16 bits per heavy atom. The summed E-state index contributed by atoms with van der Waals surface area (Å²) in [5, 5.41) is 13.9. The molecule has 3 rings (SSSR count). The molecule has 2 aromatic rings. The Kier molecular flexibility index (Phi) is 10.2. The van der Waals surface area contributed by atoms with Crippen molar-refractivity contribution in [2.75, 3.05) is 26.4 Å². The van der Waals surface area contributed by atoms with Gasteiger partial charge < -0.3 is 20.0 Å². The van der Waals surface area contributed by atoms with Crippen LogP contribution in [0.5, 0.6) is 0 Å². The smallest absolute Gasteiger partial charge is 0.286 e. The third kappa shape index (κ3) is 8.10. The van der Waals surface area contributed by atoms with Crippen LogP contribution in [0.3, 0.4) is 0 Å². The van der Waals surface area contributed by atoms with Crippen molar-refractivity contribution in [2.24, 2.45) is 5.92 Å². The van der Waals surface area contributed by atoms with Crippen LogP contribution in [0.15, 0.2) is 33.9 Å². The average Bonchev–Trinajstić information content (AvgIpc) is 3.32. The van der Waals surface area contributed by atoms with Crippen molar-refractivity contribution in [3.63, 3.8) is 0 Å². The van der Waals surface area contributed by atoms with Crippen LogP contribution in [0.1, 0.15) is 73.4 Å². The van der Waals surface area contributed by atoms with Crippen LogP contribution in [-0.2, 0) is 4.79 Å². The number of amides is 2. The van der Waals surface area contributed by atoms with Crippen molar-refractivity contribution >= 4 is 29.4 Å². The minimum atomic E-state index is -1.20. The van der Waals surface area contributed by atoms with E-state index < -0.39 is 35.0 Å². The molecule has 202 valence electrons. The molecule has 1 aliphatic carbocycles. The number of benzene rings is 1. The standard InChI is InChI=1S/C26H36FN5O4S/c1-17(2)15-20(21(33)23-30-31-25(36-23)37-14-13-32(3)4)28-24(35)26(11-6-5-7-12-26)29-22(34)18-9-8-10-19(27)16-18/h8-10,16-17,20H,5-7,11-15H2,1-4H3,(H,28,35)(H,29,34). The van der Waals surface area contributed by atoms with Crippen LogP contribution in [0, 0.1) is 11.7 Å². The molecule has 2 amide bonds. The van der Waals surface area contributed by atoms with Gasteiger partial charge in [0.1, 0.15) is 11.4 Å². The van der Waals surface area contributed by atoms with Gasteiger partial charge in [-0.25, -0.2) is 4.39 Å². The van der Waals surface area contributed by atoms with Crippen LogP contribution in [0.4, 0.5) is 4.39 Å². The first kappa shape index (κ1) is 28.8. The molecule has 0 spiro atoms. The maximum atomic E-state index is 13.7. The number of nitrogens with zero attached hydrogens (tertiary/aromatic N) is 3. The molecule has 0 bridgehead atoms. The summed E-state index contributed by atoms with van der Waals surface area (Å²) in [4.78, 5) is 42.0. The Hall–Kier alpha value is -2.79. The number of thioether (sulfide) groups is 1. The Morgan fingerprint density at radius 2 is 1.89 bits per heavy atom. The predicted octanol–water partition coefficient (Wildman–Crippen LogP) is 3.71. The molecule has 1 heterocycles. The molecule has 1 atom stereocenters. The van der Waals surface area contributed by atoms with Gasteiger partial charge in [0.2, 0.25) is 11.7 Å². The van der Waals surface area contributed by atoms with Gasteiger partial charge in [0.25, 0.3) is 17.0 Å². The summed E-state index contributed by atoms with van der Waals surface area (Å²) in [6.45, 7) is 4.71. The zero-order chi connectivity index (χ0) is 27.0. The van der Waals surface area contributed by atoms with E-state index in [1.807, 2.05) is 32.8 Å². The lowest BCUT2D eigenvalue weighted by molar-refractivity contribution is -0.129. The number of Topliss-reactive ketones (excluding diaryl/α,β-unsaturated/α-hetero) is 1. The quantitative estimate of drug-likeness (QED) is 0.313. The topological polar surface area (TPSA) is 117 Å². The summed E-state index contributed by atoms with van der Waals surface area (Å²) >= 11 is 1.36. The van der Waals surface area contributed by atoms with E-state index in [4.69, 9.17) is 4.42 Å². The molecule has 1 fully saturated rings. The third-order valence-electron chi connectivity index (χ3n) is 6.29. The minimum absolute atomic E-state index is 0.0929. The Labute approximate surface area is 221 Å². The lowest BCUT2D eigenvalue weighted by atomic mass is 9.80. The van der Waals surface area contributed by atoms with Gasteiger partial charge in [0.05, 0.1) is 6.04 Å². The normalized spacial score (nSPS) is 16.0. The second-order valence-electron chi connectivity index (χ2n) is 10.2. The monoisotopic (exact) mass is 533 g/mol. The van der Waals surface area contributed by atoms with Crippen molar-refractivity contribution in [1.82, 2.24) is 25.7 Å². The minimum Gasteiger partial charge on any atom is -0.408 e. The molecular formula is C26H36FN5O4S. The zero-order valence-electron chi connectivity index (χ0n) is 21.9. The van der Waals surface area contributed by atoms with Gasteiger partial charge in [0, 0.05) is 17.9 Å². The molecule has 1 aliphatic rings. The summed E-state index contributed by atoms with van der Waals surface area (Å²) in [6.07, 6.45) is 3.65. The highest BCUT2D eigenvalue weighted by Gasteiger charge is 2.43. The second-order valence-corrected chi connectivity index (χ2v) is 11.2. The van der Waals surface area contributed by atoms with Gasteiger partial charge in [0.15, 0.2) is 0 Å². The number of rotatable bonds is 12. The molecule has 1 aromatic heterocycles. The number of hydrogen-bond acceptors (Lipinski definition) is 8. The average molecular weight is 534 g/mol. The summed E-state index contributed by atoms with van der Waals surface area (Å²) in [5.74, 6) is -1.29. The van der Waals surface area contributed by atoms with Crippen molar-refractivity contribution in [1.29, 1.82) is 0 Å². The van der Waals surface area contributed by atoms with Crippen molar-refractivity contribution in [3.05, 3.63) is 41.5 Å². The highest BCUT2D eigenvalue weighted by Crippen LogP contribution is 2.30. The number of nitrogens with one attached hydrogen (secondary N) is 2. The molecule has 0 saturated heterocycles. The van der Waals surface area contributed by atoms with Gasteiger partial charge in [-0.15, -0.1) is 10.2 Å². The number of halogens is 1. The second kappa shape index (κ2) is 13.1. The largest absolute Gasteiger partial charge is 0.408 e. The van der Waals surface area contributed by atoms with Gasteiger partial charge in [-0.3, -0.25) is 14.4 Å².